The van der Waals surface area contributed by atoms with Crippen LogP contribution < -0.4 is 5.32 Å². The molecular formula is C21H32ClIN4O2S. The monoisotopic (exact) mass is 566 g/mol. The third-order valence-corrected chi connectivity index (χ3v) is 6.87. The van der Waals surface area contributed by atoms with Gasteiger partial charge in [-0.05, 0) is 36.8 Å². The van der Waals surface area contributed by atoms with Crippen LogP contribution in [-0.4, -0.2) is 80.9 Å². The van der Waals surface area contributed by atoms with Gasteiger partial charge in [0.25, 0.3) is 0 Å². The van der Waals surface area contributed by atoms with Gasteiger partial charge in [-0.1, -0.05) is 23.7 Å². The highest BCUT2D eigenvalue weighted by Crippen LogP contribution is 2.28. The lowest BCUT2D eigenvalue weighted by atomic mass is 9.95. The third-order valence-electron chi connectivity index (χ3n) is 5.63. The molecule has 168 valence electrons. The maximum Gasteiger partial charge on any atom is 0.225 e. The Labute approximate surface area is 206 Å². The molecule has 1 unspecified atom stereocenters. The molecule has 2 fully saturated rings. The van der Waals surface area contributed by atoms with Crippen molar-refractivity contribution in [3.63, 3.8) is 0 Å². The Hall–Kier alpha value is -0.710. The van der Waals surface area contributed by atoms with Crippen LogP contribution >= 0.6 is 47.3 Å². The number of hydrogen-bond acceptors (Lipinski definition) is 4. The lowest BCUT2D eigenvalue weighted by molar-refractivity contribution is -0.140. The number of morpholine rings is 1. The van der Waals surface area contributed by atoms with Crippen LogP contribution in [0.2, 0.25) is 5.02 Å². The number of piperidine rings is 1. The van der Waals surface area contributed by atoms with E-state index < -0.39 is 0 Å². The molecule has 0 aliphatic carbocycles. The Morgan fingerprint density at radius 3 is 2.57 bits per heavy atom. The van der Waals surface area contributed by atoms with E-state index in [1.165, 1.54) is 5.56 Å². The lowest BCUT2D eigenvalue weighted by Crippen LogP contribution is -2.50. The van der Waals surface area contributed by atoms with Crippen LogP contribution in [-0.2, 0) is 9.53 Å². The molecule has 1 N–H and O–H groups in total. The summed E-state index contributed by atoms with van der Waals surface area (Å²) in [6.45, 7) is 5.24. The van der Waals surface area contributed by atoms with E-state index in [4.69, 9.17) is 16.3 Å². The maximum absolute atomic E-state index is 12.7. The molecule has 0 bridgehead atoms. The first-order chi connectivity index (χ1) is 14.1. The molecule has 2 aliphatic heterocycles. The maximum atomic E-state index is 12.7. The summed E-state index contributed by atoms with van der Waals surface area (Å²) < 4.78 is 5.36. The number of carbonyl (C=O) groups excluding carboxylic acids is 1. The molecular weight excluding hydrogens is 535 g/mol. The zero-order chi connectivity index (χ0) is 20.6. The number of likely N-dealkylation sites (tertiary alicyclic amines) is 1. The average molecular weight is 567 g/mol. The van der Waals surface area contributed by atoms with Crippen molar-refractivity contribution in [3.8, 4) is 0 Å². The van der Waals surface area contributed by atoms with Gasteiger partial charge in [0, 0.05) is 56.0 Å². The van der Waals surface area contributed by atoms with E-state index >= 15 is 0 Å². The van der Waals surface area contributed by atoms with E-state index in [1.807, 2.05) is 30.1 Å². The Morgan fingerprint density at radius 1 is 1.27 bits per heavy atom. The van der Waals surface area contributed by atoms with Crippen molar-refractivity contribution in [3.05, 3.63) is 34.9 Å². The number of nitrogens with zero attached hydrogens (tertiary/aromatic N) is 3. The fourth-order valence-corrected chi connectivity index (χ4v) is 4.81. The van der Waals surface area contributed by atoms with Gasteiger partial charge in [-0.15, -0.1) is 24.0 Å². The summed E-state index contributed by atoms with van der Waals surface area (Å²) in [4.78, 5) is 21.4. The Bertz CT molecular complexity index is 710. The molecule has 1 amide bonds. The standard InChI is InChI=1S/C21H31ClN4O2S.HI/c1-23-21(24-15-19(29-2)17-4-3-5-18(22)14-17)26-8-6-16(7-9-26)20(27)25-10-12-28-13-11-25;/h3-5,14,16,19H,6-13,15H2,1-2H3,(H,23,24);1H. The van der Waals surface area contributed by atoms with E-state index in [0.717, 1.165) is 56.5 Å². The molecule has 0 spiro atoms. The van der Waals surface area contributed by atoms with Crippen LogP contribution in [0.25, 0.3) is 0 Å². The summed E-state index contributed by atoms with van der Waals surface area (Å²) in [5.74, 6) is 1.32. The number of ether oxygens (including phenoxy) is 1. The highest BCUT2D eigenvalue weighted by molar-refractivity contribution is 14.0. The summed E-state index contributed by atoms with van der Waals surface area (Å²) in [6, 6.07) is 8.03. The molecule has 0 radical (unpaired) electrons. The largest absolute Gasteiger partial charge is 0.378 e. The van der Waals surface area contributed by atoms with E-state index in [9.17, 15) is 4.79 Å². The first kappa shape index (κ1) is 25.5. The van der Waals surface area contributed by atoms with Crippen molar-refractivity contribution in [2.24, 2.45) is 10.9 Å². The van der Waals surface area contributed by atoms with Gasteiger partial charge in [-0.2, -0.15) is 11.8 Å². The van der Waals surface area contributed by atoms with Crippen LogP contribution in [0.1, 0.15) is 23.7 Å². The van der Waals surface area contributed by atoms with Crippen LogP contribution in [0.4, 0.5) is 0 Å². The highest BCUT2D eigenvalue weighted by Gasteiger charge is 2.30. The molecule has 1 aromatic carbocycles. The SMILES string of the molecule is CN=C(NCC(SC)c1cccc(Cl)c1)N1CCC(C(=O)N2CCOCC2)CC1.I. The minimum atomic E-state index is 0. The minimum absolute atomic E-state index is 0. The van der Waals surface area contributed by atoms with Crippen molar-refractivity contribution in [1.82, 2.24) is 15.1 Å². The topological polar surface area (TPSA) is 57.2 Å². The summed E-state index contributed by atoms with van der Waals surface area (Å²) in [5, 5.41) is 4.57. The van der Waals surface area contributed by atoms with Crippen molar-refractivity contribution in [2.75, 3.05) is 59.2 Å². The molecule has 1 atom stereocenters. The number of guanidine groups is 1. The Morgan fingerprint density at radius 2 is 1.97 bits per heavy atom. The van der Waals surface area contributed by atoms with Gasteiger partial charge in [0.1, 0.15) is 0 Å². The summed E-state index contributed by atoms with van der Waals surface area (Å²) in [5.41, 5.74) is 1.21. The van der Waals surface area contributed by atoms with Gasteiger partial charge in [0.05, 0.1) is 13.2 Å². The second-order valence-electron chi connectivity index (χ2n) is 7.41. The van der Waals surface area contributed by atoms with Crippen molar-refractivity contribution in [1.29, 1.82) is 0 Å². The Kier molecular flexibility index (Phi) is 11.1. The predicted molar refractivity (Wildman–Crippen MR) is 136 cm³/mol. The van der Waals surface area contributed by atoms with E-state index in [-0.39, 0.29) is 29.9 Å². The van der Waals surface area contributed by atoms with Gasteiger partial charge < -0.3 is 19.9 Å². The average Bonchev–Trinajstić information content (AvgIpc) is 2.77. The number of halogens is 2. The molecule has 2 aliphatic rings. The first-order valence-corrected chi connectivity index (χ1v) is 11.9. The molecule has 2 heterocycles. The van der Waals surface area contributed by atoms with Gasteiger partial charge in [-0.3, -0.25) is 9.79 Å². The molecule has 30 heavy (non-hydrogen) atoms. The van der Waals surface area contributed by atoms with Crippen molar-refractivity contribution < 1.29 is 9.53 Å². The van der Waals surface area contributed by atoms with Gasteiger partial charge in [0.2, 0.25) is 5.91 Å². The van der Waals surface area contributed by atoms with Crippen LogP contribution in [0.15, 0.2) is 29.3 Å². The first-order valence-electron chi connectivity index (χ1n) is 10.2. The van der Waals surface area contributed by atoms with E-state index in [0.29, 0.717) is 24.4 Å². The van der Waals surface area contributed by atoms with Gasteiger partial charge in [0.15, 0.2) is 5.96 Å². The summed E-state index contributed by atoms with van der Waals surface area (Å²) in [6.07, 6.45) is 3.85. The Balaban J connectivity index is 0.00000320. The van der Waals surface area contributed by atoms with Gasteiger partial charge >= 0.3 is 0 Å². The lowest BCUT2D eigenvalue weighted by Gasteiger charge is -2.37. The predicted octanol–water partition coefficient (Wildman–Crippen LogP) is 3.51. The zero-order valence-corrected chi connectivity index (χ0v) is 21.6. The van der Waals surface area contributed by atoms with Crippen molar-refractivity contribution >= 4 is 59.2 Å². The third kappa shape index (κ3) is 6.90. The van der Waals surface area contributed by atoms with Crippen LogP contribution in [0.3, 0.4) is 0 Å². The molecule has 3 rings (SSSR count). The number of nitrogens with one attached hydrogen (secondary N) is 1. The smallest absolute Gasteiger partial charge is 0.225 e. The second-order valence-corrected chi connectivity index (χ2v) is 8.88. The molecule has 0 saturated carbocycles. The van der Waals surface area contributed by atoms with Gasteiger partial charge in [-0.25, -0.2) is 0 Å². The highest BCUT2D eigenvalue weighted by atomic mass is 127. The fraction of sp³-hybridized carbons (Fsp3) is 0.619. The minimum Gasteiger partial charge on any atom is -0.378 e. The van der Waals surface area contributed by atoms with E-state index in [2.05, 4.69) is 27.5 Å². The van der Waals surface area contributed by atoms with E-state index in [1.54, 1.807) is 11.8 Å². The molecule has 6 nitrogen and oxygen atoms in total. The van der Waals surface area contributed by atoms with Crippen molar-refractivity contribution in [2.45, 2.75) is 18.1 Å². The fourth-order valence-electron chi connectivity index (χ4n) is 3.94. The quantitative estimate of drug-likeness (QED) is 0.336. The number of benzene rings is 1. The normalized spacial score (nSPS) is 19.2. The molecule has 9 heteroatoms. The van der Waals surface area contributed by atoms with Crippen LogP contribution in [0.5, 0.6) is 0 Å². The number of thioether (sulfide) groups is 1. The number of aliphatic imine (C=N–C) groups is 1. The summed E-state index contributed by atoms with van der Waals surface area (Å²) in [7, 11) is 1.82. The molecule has 1 aromatic rings. The second kappa shape index (κ2) is 13.0. The molecule has 0 aromatic heterocycles. The number of amides is 1. The molecule has 2 saturated heterocycles. The number of rotatable bonds is 5. The number of hydrogen-bond donors (Lipinski definition) is 1. The summed E-state index contributed by atoms with van der Waals surface area (Å²) >= 11 is 7.95. The number of carbonyl (C=O) groups is 1. The zero-order valence-electron chi connectivity index (χ0n) is 17.7. The van der Waals surface area contributed by atoms with Crippen LogP contribution in [0, 0.1) is 5.92 Å².